The van der Waals surface area contributed by atoms with E-state index in [1.165, 1.54) is 5.56 Å². The number of H-pyrrole nitrogens is 1. The topological polar surface area (TPSA) is 62.3 Å². The quantitative estimate of drug-likeness (QED) is 0.841. The van der Waals surface area contributed by atoms with Gasteiger partial charge in [0.2, 0.25) is 0 Å². The second-order valence-electron chi connectivity index (χ2n) is 4.87. The van der Waals surface area contributed by atoms with Gasteiger partial charge in [-0.2, -0.15) is 0 Å². The number of rotatable bonds is 3. The maximum absolute atomic E-state index is 11.8. The molecule has 0 saturated heterocycles. The van der Waals surface area contributed by atoms with Gasteiger partial charge in [-0.05, 0) is 44.9 Å². The van der Waals surface area contributed by atoms with Gasteiger partial charge < -0.3 is 14.8 Å². The Bertz CT molecular complexity index is 656. The fraction of sp³-hybridized carbons (Fsp3) is 0.312. The van der Waals surface area contributed by atoms with Crippen LogP contribution in [0.5, 0.6) is 5.75 Å². The van der Waals surface area contributed by atoms with E-state index in [4.69, 9.17) is 4.74 Å². The molecule has 0 aliphatic heterocycles. The Balaban J connectivity index is 2.51. The van der Waals surface area contributed by atoms with Crippen LogP contribution in [0, 0.1) is 20.8 Å². The van der Waals surface area contributed by atoms with Crippen molar-refractivity contribution in [3.8, 4) is 17.0 Å². The molecule has 1 heterocycles. The van der Waals surface area contributed by atoms with E-state index in [1.54, 1.807) is 13.8 Å². The van der Waals surface area contributed by atoms with Gasteiger partial charge in [0.1, 0.15) is 5.56 Å². The largest absolute Gasteiger partial charge is 0.505 e. The van der Waals surface area contributed by atoms with Gasteiger partial charge in [-0.25, -0.2) is 4.79 Å². The molecule has 0 saturated carbocycles. The summed E-state index contributed by atoms with van der Waals surface area (Å²) < 4.78 is 4.96. The van der Waals surface area contributed by atoms with Crippen LogP contribution in [-0.2, 0) is 4.74 Å². The number of aromatic nitrogens is 1. The third kappa shape index (κ3) is 2.41. The number of hydrogen-bond donors (Lipinski definition) is 2. The molecule has 0 unspecified atom stereocenters. The lowest BCUT2D eigenvalue weighted by Crippen LogP contribution is -2.05. The van der Waals surface area contributed by atoms with Crippen molar-refractivity contribution in [2.24, 2.45) is 0 Å². The van der Waals surface area contributed by atoms with Gasteiger partial charge in [-0.3, -0.25) is 0 Å². The van der Waals surface area contributed by atoms with E-state index in [0.29, 0.717) is 11.4 Å². The predicted octanol–water partition coefficient (Wildman–Crippen LogP) is 3.49. The van der Waals surface area contributed by atoms with Crippen molar-refractivity contribution in [1.29, 1.82) is 0 Å². The van der Waals surface area contributed by atoms with E-state index in [1.807, 2.05) is 32.0 Å². The number of aromatic amines is 1. The molecule has 0 aliphatic carbocycles. The van der Waals surface area contributed by atoms with Gasteiger partial charge >= 0.3 is 5.97 Å². The summed E-state index contributed by atoms with van der Waals surface area (Å²) in [6.45, 7) is 7.81. The molecule has 4 nitrogen and oxygen atoms in total. The van der Waals surface area contributed by atoms with E-state index in [-0.39, 0.29) is 17.9 Å². The van der Waals surface area contributed by atoms with Crippen molar-refractivity contribution in [2.45, 2.75) is 27.7 Å². The van der Waals surface area contributed by atoms with Crippen LogP contribution in [0.2, 0.25) is 0 Å². The van der Waals surface area contributed by atoms with Gasteiger partial charge in [0.25, 0.3) is 0 Å². The summed E-state index contributed by atoms with van der Waals surface area (Å²) in [5.74, 6) is -0.557. The molecule has 0 amide bonds. The number of aryl methyl sites for hydroxylation is 3. The number of esters is 1. The molecule has 20 heavy (non-hydrogen) atoms. The average molecular weight is 273 g/mol. The monoisotopic (exact) mass is 273 g/mol. The highest BCUT2D eigenvalue weighted by molar-refractivity contribution is 5.96. The molecule has 2 rings (SSSR count). The average Bonchev–Trinajstić information content (AvgIpc) is 2.68. The summed E-state index contributed by atoms with van der Waals surface area (Å²) in [6, 6.07) is 5.89. The highest BCUT2D eigenvalue weighted by atomic mass is 16.5. The number of carbonyl (C=O) groups excluding carboxylic acids is 1. The first-order valence-corrected chi connectivity index (χ1v) is 6.62. The summed E-state index contributed by atoms with van der Waals surface area (Å²) in [6.07, 6.45) is 0. The van der Waals surface area contributed by atoms with E-state index < -0.39 is 5.97 Å². The van der Waals surface area contributed by atoms with Crippen molar-refractivity contribution < 1.29 is 14.6 Å². The summed E-state index contributed by atoms with van der Waals surface area (Å²) in [7, 11) is 0. The first-order chi connectivity index (χ1) is 9.45. The van der Waals surface area contributed by atoms with E-state index >= 15 is 0 Å². The molecule has 0 atom stereocenters. The second kappa shape index (κ2) is 5.41. The standard InChI is InChI=1S/C16H19NO3/c1-5-20-16(19)13-11(4)17-14(15(13)18)12-7-6-9(2)10(3)8-12/h6-8,17-18H,5H2,1-4H3. The molecule has 2 N–H and O–H groups in total. The van der Waals surface area contributed by atoms with Crippen LogP contribution in [0.3, 0.4) is 0 Å². The first-order valence-electron chi connectivity index (χ1n) is 6.62. The molecule has 0 spiro atoms. The van der Waals surface area contributed by atoms with Crippen molar-refractivity contribution in [2.75, 3.05) is 6.61 Å². The molecule has 106 valence electrons. The van der Waals surface area contributed by atoms with Crippen molar-refractivity contribution in [3.05, 3.63) is 40.6 Å². The van der Waals surface area contributed by atoms with Crippen LogP contribution in [-0.4, -0.2) is 22.7 Å². The summed E-state index contributed by atoms with van der Waals surface area (Å²) in [4.78, 5) is 14.9. The Labute approximate surface area is 118 Å². The molecule has 2 aromatic rings. The van der Waals surface area contributed by atoms with Gasteiger partial charge in [0.05, 0.1) is 12.3 Å². The third-order valence-electron chi connectivity index (χ3n) is 3.44. The van der Waals surface area contributed by atoms with E-state index in [2.05, 4.69) is 4.98 Å². The van der Waals surface area contributed by atoms with Gasteiger partial charge in [0.15, 0.2) is 5.75 Å². The molecule has 0 fully saturated rings. The number of benzene rings is 1. The zero-order valence-corrected chi connectivity index (χ0v) is 12.2. The summed E-state index contributed by atoms with van der Waals surface area (Å²) in [5, 5.41) is 10.3. The molecular formula is C16H19NO3. The lowest BCUT2D eigenvalue weighted by atomic mass is 10.0. The smallest absolute Gasteiger partial charge is 0.343 e. The highest BCUT2D eigenvalue weighted by Gasteiger charge is 2.22. The van der Waals surface area contributed by atoms with Crippen LogP contribution in [0.1, 0.15) is 34.1 Å². The Morgan fingerprint density at radius 2 is 1.95 bits per heavy atom. The predicted molar refractivity (Wildman–Crippen MR) is 78.1 cm³/mol. The molecule has 0 radical (unpaired) electrons. The van der Waals surface area contributed by atoms with Crippen LogP contribution >= 0.6 is 0 Å². The number of nitrogens with one attached hydrogen (secondary N) is 1. The van der Waals surface area contributed by atoms with Crippen molar-refractivity contribution >= 4 is 5.97 Å². The number of carbonyl (C=O) groups is 1. The maximum Gasteiger partial charge on any atom is 0.343 e. The molecule has 4 heteroatoms. The number of aromatic hydroxyl groups is 1. The molecule has 1 aromatic heterocycles. The van der Waals surface area contributed by atoms with E-state index in [9.17, 15) is 9.90 Å². The van der Waals surface area contributed by atoms with Crippen molar-refractivity contribution in [3.63, 3.8) is 0 Å². The lowest BCUT2D eigenvalue weighted by molar-refractivity contribution is 0.0522. The van der Waals surface area contributed by atoms with Gasteiger partial charge in [-0.15, -0.1) is 0 Å². The minimum Gasteiger partial charge on any atom is -0.505 e. The lowest BCUT2D eigenvalue weighted by Gasteiger charge is -2.05. The Morgan fingerprint density at radius 1 is 1.25 bits per heavy atom. The summed E-state index contributed by atoms with van der Waals surface area (Å²) in [5.41, 5.74) is 4.53. The minimum absolute atomic E-state index is 0.0517. The highest BCUT2D eigenvalue weighted by Crippen LogP contribution is 2.35. The summed E-state index contributed by atoms with van der Waals surface area (Å²) >= 11 is 0. The van der Waals surface area contributed by atoms with E-state index in [0.717, 1.165) is 11.1 Å². The van der Waals surface area contributed by atoms with Crippen molar-refractivity contribution in [1.82, 2.24) is 4.98 Å². The number of hydrogen-bond acceptors (Lipinski definition) is 3. The van der Waals surface area contributed by atoms with Crippen LogP contribution in [0.25, 0.3) is 11.3 Å². The van der Waals surface area contributed by atoms with Gasteiger partial charge in [0, 0.05) is 11.3 Å². The number of ether oxygens (including phenoxy) is 1. The van der Waals surface area contributed by atoms with Gasteiger partial charge in [-0.1, -0.05) is 12.1 Å². The van der Waals surface area contributed by atoms with Crippen LogP contribution in [0.4, 0.5) is 0 Å². The molecule has 1 aromatic carbocycles. The fourth-order valence-electron chi connectivity index (χ4n) is 2.17. The zero-order chi connectivity index (χ0) is 14.9. The first kappa shape index (κ1) is 14.2. The Kier molecular flexibility index (Phi) is 3.84. The third-order valence-corrected chi connectivity index (χ3v) is 3.44. The SMILES string of the molecule is CCOC(=O)c1c(C)[nH]c(-c2ccc(C)c(C)c2)c1O. The van der Waals surface area contributed by atoms with Crippen LogP contribution < -0.4 is 0 Å². The molecule has 0 bridgehead atoms. The molecule has 0 aliphatic rings. The van der Waals surface area contributed by atoms with Crippen LogP contribution in [0.15, 0.2) is 18.2 Å². The molecular weight excluding hydrogens is 254 g/mol. The Hall–Kier alpha value is -2.23. The second-order valence-corrected chi connectivity index (χ2v) is 4.87. The Morgan fingerprint density at radius 3 is 2.55 bits per heavy atom. The fourth-order valence-corrected chi connectivity index (χ4v) is 2.17. The maximum atomic E-state index is 11.8. The zero-order valence-electron chi connectivity index (χ0n) is 12.2. The minimum atomic E-state index is -0.506. The normalized spacial score (nSPS) is 10.6.